The van der Waals surface area contributed by atoms with Crippen molar-refractivity contribution >= 4 is 124 Å². The van der Waals surface area contributed by atoms with Crippen LogP contribution in [0.15, 0.2) is 447 Å². The molecule has 0 spiro atoms. The van der Waals surface area contributed by atoms with Gasteiger partial charge in [0.05, 0.1) is 0 Å². The number of nitrogens with one attached hydrogen (secondary N) is 1. The molecule has 0 unspecified atom stereocenters. The number of anilines is 3. The minimum absolute atomic E-state index is 0. The molecule has 0 fully saturated rings. The van der Waals surface area contributed by atoms with Gasteiger partial charge in [0, 0.05) is 35.0 Å². The first kappa shape index (κ1) is 83.1. The van der Waals surface area contributed by atoms with Crippen molar-refractivity contribution in [3.63, 3.8) is 0 Å². The first-order valence-electron chi connectivity index (χ1n) is 33.9. The summed E-state index contributed by atoms with van der Waals surface area (Å²) >= 11 is 16.8. The van der Waals surface area contributed by atoms with Crippen molar-refractivity contribution in [2.24, 2.45) is 4.30 Å². The zero-order valence-corrected chi connectivity index (χ0v) is 68.8. The summed E-state index contributed by atoms with van der Waals surface area (Å²) in [5, 5.41) is 3.46. The molecule has 16 aromatic carbocycles. The molecule has 11 heteroatoms. The Kier molecular flexibility index (Phi) is 35.7. The van der Waals surface area contributed by atoms with E-state index in [0.29, 0.717) is 0 Å². The molecule has 0 aliphatic rings. The van der Waals surface area contributed by atoms with Crippen LogP contribution >= 0.6 is 76.5 Å². The van der Waals surface area contributed by atoms with Crippen molar-refractivity contribution in [2.75, 3.05) is 11.1 Å². The minimum atomic E-state index is 0. The van der Waals surface area contributed by atoms with Gasteiger partial charge in [0.2, 0.25) is 0 Å². The molecule has 0 saturated carbocycles. The Labute approximate surface area is 698 Å². The zero-order valence-electron chi connectivity index (χ0n) is 58.6. The number of hydrogen-bond acceptors (Lipinski definition) is 4. The van der Waals surface area contributed by atoms with Crippen LogP contribution in [0, 0.1) is 6.07 Å². The van der Waals surface area contributed by atoms with Crippen molar-refractivity contribution in [3.05, 3.63) is 449 Å². The molecule has 16 aromatic rings. The Balaban J connectivity index is 0.000000173. The third kappa shape index (κ3) is 27.7. The van der Waals surface area contributed by atoms with Gasteiger partial charge < -0.3 is 28.0 Å². The van der Waals surface area contributed by atoms with Gasteiger partial charge in [-0.05, 0) is 221 Å². The van der Waals surface area contributed by atoms with Gasteiger partial charge in [0.1, 0.15) is 0 Å². The topological polar surface area (TPSA) is 50.4 Å². The number of nitrogens with zero attached hydrogens (tertiary/aromatic N) is 1. The van der Waals surface area contributed by atoms with Crippen LogP contribution in [0.3, 0.4) is 0 Å². The SMILES string of the molecule is Brc1cc(Br)cc(Br)c1.Brc1ccc(-c2cc(-c3ccccc3)cc(-c3ccccc3)c2)cc1.Nc1ccccc1.[B]=NS.[Br-].[Mg+2].[c-]1ccccc1.c1ccc(-c2cc(-c3ccccc3)cc(-c3ccccc3)c2)cc1.c1ccc(Nc2ccc(-c3cc(-c4ccccc4)cc(-c4ccccc4)c3)cc2)cc1. The van der Waals surface area contributed by atoms with Gasteiger partial charge in [0.15, 0.2) is 0 Å². The summed E-state index contributed by atoms with van der Waals surface area (Å²) in [6, 6.07) is 150. The smallest absolute Gasteiger partial charge is 1.00 e. The summed E-state index contributed by atoms with van der Waals surface area (Å²) in [5.74, 6) is 0. The second-order valence-electron chi connectivity index (χ2n) is 23.7. The van der Waals surface area contributed by atoms with E-state index in [4.69, 9.17) is 5.73 Å². The van der Waals surface area contributed by atoms with E-state index in [-0.39, 0.29) is 40.0 Å². The quantitative estimate of drug-likeness (QED) is 0.0523. The van der Waals surface area contributed by atoms with Gasteiger partial charge >= 0.3 is 47.8 Å². The number of rotatable bonds is 11. The van der Waals surface area contributed by atoms with E-state index in [1.165, 1.54) is 100 Å². The Hall–Kier alpha value is -9.50. The monoisotopic (exact) mass is 1730 g/mol. The summed E-state index contributed by atoms with van der Waals surface area (Å²) in [5.41, 5.74) is 30.5. The Bertz CT molecular complexity index is 4860. The van der Waals surface area contributed by atoms with Crippen LogP contribution in [-0.2, 0) is 0 Å². The predicted octanol–water partition coefficient (Wildman–Crippen LogP) is 26.1. The Morgan fingerprint density at radius 3 is 0.626 bits per heavy atom. The van der Waals surface area contributed by atoms with Crippen LogP contribution in [0.1, 0.15) is 0 Å². The molecule has 0 bridgehead atoms. The summed E-state index contributed by atoms with van der Waals surface area (Å²) < 4.78 is 7.01. The number of halogens is 5. The second kappa shape index (κ2) is 45.9. The van der Waals surface area contributed by atoms with Crippen molar-refractivity contribution in [1.82, 2.24) is 0 Å². The molecule has 1 radical (unpaired) electrons. The van der Waals surface area contributed by atoms with Gasteiger partial charge in [-0.25, -0.2) is 0 Å². The summed E-state index contributed by atoms with van der Waals surface area (Å²) in [7, 11) is 4.34. The fraction of sp³-hybridized carbons (Fsp3) is 0. The van der Waals surface area contributed by atoms with Crippen molar-refractivity contribution in [1.29, 1.82) is 0 Å². The third-order valence-electron chi connectivity index (χ3n) is 16.2. The van der Waals surface area contributed by atoms with Crippen molar-refractivity contribution in [3.8, 4) is 100 Å². The van der Waals surface area contributed by atoms with Crippen molar-refractivity contribution < 1.29 is 17.0 Å². The average molecular weight is 1740 g/mol. The van der Waals surface area contributed by atoms with Crippen LogP contribution in [-0.4, -0.2) is 30.7 Å². The van der Waals surface area contributed by atoms with Crippen LogP contribution < -0.4 is 28.0 Å². The largest absolute Gasteiger partial charge is 2.00 e. The molecule has 0 aromatic heterocycles. The summed E-state index contributed by atoms with van der Waals surface area (Å²) in [6.45, 7) is 0. The molecule has 519 valence electrons. The molecule has 0 heterocycles. The molecule has 3 nitrogen and oxygen atoms in total. The maximum absolute atomic E-state index is 5.36. The van der Waals surface area contributed by atoms with Crippen LogP contribution in [0.25, 0.3) is 100 Å². The van der Waals surface area contributed by atoms with Crippen molar-refractivity contribution in [2.45, 2.75) is 0 Å². The fourth-order valence-corrected chi connectivity index (χ4v) is 13.9. The van der Waals surface area contributed by atoms with Gasteiger partial charge in [-0.1, -0.05) is 337 Å². The van der Waals surface area contributed by atoms with Crippen LogP contribution in [0.2, 0.25) is 0 Å². The molecule has 0 aliphatic carbocycles. The number of thiol groups is 1. The second-order valence-corrected chi connectivity index (χ2v) is 27.6. The van der Waals surface area contributed by atoms with E-state index in [1.807, 2.05) is 97.1 Å². The van der Waals surface area contributed by atoms with Gasteiger partial charge in [-0.15, -0.1) is 0 Å². The molecule has 3 N–H and O–H groups in total. The van der Waals surface area contributed by atoms with E-state index in [1.54, 1.807) is 0 Å². The number of para-hydroxylation sites is 2. The first-order valence-corrected chi connectivity index (χ1v) is 37.5. The van der Waals surface area contributed by atoms with Gasteiger partial charge in [-0.2, -0.15) is 36.4 Å². The summed E-state index contributed by atoms with van der Waals surface area (Å²) in [6.07, 6.45) is 0. The Morgan fingerprint density at radius 2 is 0.430 bits per heavy atom. The molecule has 0 atom stereocenters. The molecule has 16 rings (SSSR count). The van der Waals surface area contributed by atoms with E-state index in [2.05, 4.69) is 427 Å². The summed E-state index contributed by atoms with van der Waals surface area (Å²) in [4.78, 5) is 0. The van der Waals surface area contributed by atoms with E-state index < -0.39 is 0 Å². The maximum atomic E-state index is 5.36. The number of nitrogen functional groups attached to an aromatic ring is 1. The van der Waals surface area contributed by atoms with Crippen LogP contribution in [0.5, 0.6) is 0 Å². The Morgan fingerprint density at radius 1 is 0.243 bits per heavy atom. The number of hydrogen-bond donors (Lipinski definition) is 3. The first-order chi connectivity index (χ1) is 51.5. The van der Waals surface area contributed by atoms with Gasteiger partial charge in [-0.3, -0.25) is 0 Å². The average Bonchev–Trinajstić information content (AvgIpc) is 0.811. The van der Waals surface area contributed by atoms with Gasteiger partial charge in [0.25, 0.3) is 0 Å². The minimum Gasteiger partial charge on any atom is -1.00 e. The fourth-order valence-electron chi connectivity index (χ4n) is 11.2. The maximum Gasteiger partial charge on any atom is 2.00 e. The molecule has 0 aliphatic heterocycles. The number of benzene rings is 16. The predicted molar refractivity (Wildman–Crippen MR) is 474 cm³/mol. The molecule has 0 amide bonds. The standard InChI is InChI=1S/C30H23N.C24H17Br.C24H18.C6H3Br3.C6H7N.C6H5.BHNS.BrH.Mg/c1-4-10-23(11-5-1)26-20-27(24-12-6-2-7-13-24)22-28(21-26)25-16-18-30(19-17-25)31-29-14-8-3-9-15-29;25-24-13-11-20(12-14-24)23-16-21(18-7-3-1-4-8-18)15-22(17-23)19-9-5-2-6-10-19;1-4-10-19(11-5-1)22-16-23(20-12-6-2-7-13-20)18-24(17-22)21-14-8-3-9-15-21;7-4-1-5(8)3-6(9)2-4;7-6-4-2-1-3-5-6;1-2-4-6-5-3-1;1-2-3;;/h1-22,31H;1-17H;1-18H;1-3H;1-5H,7H2;1-5H;3H;1H;/q;;;;;-1;;;+2/p-1. The molecule has 107 heavy (non-hydrogen) atoms. The molecular weight excluding hydrogens is 1660 g/mol. The molecule has 0 saturated heterocycles. The number of nitrogens with two attached hydrogens (primary N) is 1. The van der Waals surface area contributed by atoms with Crippen LogP contribution in [0.4, 0.5) is 17.1 Å². The third-order valence-corrected chi connectivity index (χ3v) is 18.1. The zero-order chi connectivity index (χ0) is 73.1. The normalized spacial score (nSPS) is 9.83. The van der Waals surface area contributed by atoms with E-state index in [9.17, 15) is 0 Å². The van der Waals surface area contributed by atoms with E-state index >= 15 is 0 Å². The molecular formula is C96H74BBr5MgN3S. The van der Waals surface area contributed by atoms with E-state index in [0.717, 1.165) is 35.0 Å².